The van der Waals surface area contributed by atoms with Gasteiger partial charge in [-0.15, -0.1) is 0 Å². The Morgan fingerprint density at radius 3 is 2.89 bits per heavy atom. The lowest BCUT2D eigenvalue weighted by molar-refractivity contribution is 0.251. The van der Waals surface area contributed by atoms with Crippen molar-refractivity contribution in [2.75, 3.05) is 13.1 Å². The zero-order valence-electron chi connectivity index (χ0n) is 10.3. The molecule has 0 radical (unpaired) electrons. The predicted octanol–water partition coefficient (Wildman–Crippen LogP) is 3.32. The third-order valence-electron chi connectivity index (χ3n) is 4.03. The lowest BCUT2D eigenvalue weighted by Crippen LogP contribution is -2.35. The fraction of sp³-hybridized carbons (Fsp3) is 0.571. The summed E-state index contributed by atoms with van der Waals surface area (Å²) in [5.41, 5.74) is 1.14. The summed E-state index contributed by atoms with van der Waals surface area (Å²) in [6.45, 7) is 3.18. The lowest BCUT2D eigenvalue weighted by Gasteiger charge is -2.24. The second kappa shape index (κ2) is 5.38. The number of benzene rings is 1. The largest absolute Gasteiger partial charge is 0.310 e. The van der Waals surface area contributed by atoms with Crippen molar-refractivity contribution in [2.45, 2.75) is 37.9 Å². The lowest BCUT2D eigenvalue weighted by atomic mass is 10.1. The van der Waals surface area contributed by atoms with Crippen molar-refractivity contribution in [3.05, 3.63) is 33.8 Å². The van der Waals surface area contributed by atoms with Gasteiger partial charge in [-0.2, -0.15) is 0 Å². The quantitative estimate of drug-likeness (QED) is 0.896. The highest BCUT2D eigenvalue weighted by Crippen LogP contribution is 2.28. The molecule has 1 aromatic carbocycles. The normalized spacial score (nSPS) is 28.3. The van der Waals surface area contributed by atoms with E-state index in [1.165, 1.54) is 19.3 Å². The molecule has 2 aliphatic rings. The molecule has 98 valence electrons. The van der Waals surface area contributed by atoms with Crippen LogP contribution in [0.25, 0.3) is 0 Å². The van der Waals surface area contributed by atoms with Crippen LogP contribution in [0.5, 0.6) is 0 Å². The summed E-state index contributed by atoms with van der Waals surface area (Å²) in [5.74, 6) is 0. The molecule has 0 saturated carbocycles. The Morgan fingerprint density at radius 1 is 1.17 bits per heavy atom. The van der Waals surface area contributed by atoms with Gasteiger partial charge in [-0.05, 0) is 30.9 Å². The first-order valence-corrected chi connectivity index (χ1v) is 7.39. The van der Waals surface area contributed by atoms with Crippen molar-refractivity contribution in [3.63, 3.8) is 0 Å². The molecule has 0 aromatic heterocycles. The van der Waals surface area contributed by atoms with Gasteiger partial charge in [0.05, 0.1) is 10.0 Å². The van der Waals surface area contributed by atoms with E-state index in [2.05, 4.69) is 16.3 Å². The molecule has 2 aliphatic heterocycles. The van der Waals surface area contributed by atoms with Crippen molar-refractivity contribution in [1.29, 1.82) is 0 Å². The first-order chi connectivity index (χ1) is 8.72. The predicted molar refractivity (Wildman–Crippen MR) is 76.3 cm³/mol. The average molecular weight is 285 g/mol. The van der Waals surface area contributed by atoms with Crippen LogP contribution in [0.15, 0.2) is 18.2 Å². The monoisotopic (exact) mass is 284 g/mol. The van der Waals surface area contributed by atoms with E-state index in [-0.39, 0.29) is 0 Å². The van der Waals surface area contributed by atoms with E-state index in [0.717, 1.165) is 31.2 Å². The SMILES string of the molecule is Clc1cccc(CN2CCC3CCC(C2)N3)c1Cl. The Morgan fingerprint density at radius 2 is 2.00 bits per heavy atom. The van der Waals surface area contributed by atoms with Gasteiger partial charge in [0.15, 0.2) is 0 Å². The Hall–Kier alpha value is -0.280. The van der Waals surface area contributed by atoms with Crippen molar-refractivity contribution in [3.8, 4) is 0 Å². The number of nitrogens with zero attached hydrogens (tertiary/aromatic N) is 1. The van der Waals surface area contributed by atoms with Gasteiger partial charge in [-0.25, -0.2) is 0 Å². The molecule has 1 aromatic rings. The summed E-state index contributed by atoms with van der Waals surface area (Å²) in [4.78, 5) is 2.49. The van der Waals surface area contributed by atoms with Gasteiger partial charge < -0.3 is 5.32 Å². The van der Waals surface area contributed by atoms with Gasteiger partial charge in [-0.1, -0.05) is 35.3 Å². The smallest absolute Gasteiger partial charge is 0.0637 e. The maximum absolute atomic E-state index is 6.26. The fourth-order valence-corrected chi connectivity index (χ4v) is 3.45. The standard InChI is InChI=1S/C14H18Cl2N2/c15-13-3-1-2-10(14(13)16)8-18-7-6-11-4-5-12(9-18)17-11/h1-3,11-12,17H,4-9H2. The summed E-state index contributed by atoms with van der Waals surface area (Å²) in [6, 6.07) is 7.29. The first kappa shape index (κ1) is 12.7. The van der Waals surface area contributed by atoms with E-state index in [0.29, 0.717) is 16.1 Å². The third-order valence-corrected chi connectivity index (χ3v) is 4.89. The molecule has 4 heteroatoms. The first-order valence-electron chi connectivity index (χ1n) is 6.63. The molecule has 2 saturated heterocycles. The number of likely N-dealkylation sites (tertiary alicyclic amines) is 1. The minimum Gasteiger partial charge on any atom is -0.310 e. The molecule has 1 N–H and O–H groups in total. The molecular formula is C14H18Cl2N2. The van der Waals surface area contributed by atoms with Crippen LogP contribution < -0.4 is 5.32 Å². The van der Waals surface area contributed by atoms with E-state index in [1.54, 1.807) is 0 Å². The van der Waals surface area contributed by atoms with Crippen LogP contribution >= 0.6 is 23.2 Å². The fourth-order valence-electron chi connectivity index (χ4n) is 3.07. The Bertz CT molecular complexity index is 436. The molecule has 2 heterocycles. The summed E-state index contributed by atoms with van der Waals surface area (Å²) < 4.78 is 0. The number of hydrogen-bond donors (Lipinski definition) is 1. The average Bonchev–Trinajstić information content (AvgIpc) is 2.68. The highest BCUT2D eigenvalue weighted by Gasteiger charge is 2.29. The third kappa shape index (κ3) is 2.67. The zero-order chi connectivity index (χ0) is 12.5. The minimum atomic E-state index is 0.656. The van der Waals surface area contributed by atoms with Crippen LogP contribution in [0.1, 0.15) is 24.8 Å². The molecule has 2 nitrogen and oxygen atoms in total. The van der Waals surface area contributed by atoms with Gasteiger partial charge in [0.25, 0.3) is 0 Å². The van der Waals surface area contributed by atoms with Crippen LogP contribution in [0.3, 0.4) is 0 Å². The van der Waals surface area contributed by atoms with E-state index in [9.17, 15) is 0 Å². The summed E-state index contributed by atoms with van der Waals surface area (Å²) in [7, 11) is 0. The summed E-state index contributed by atoms with van der Waals surface area (Å²) >= 11 is 12.3. The summed E-state index contributed by atoms with van der Waals surface area (Å²) in [5, 5.41) is 5.06. The second-order valence-electron chi connectivity index (χ2n) is 5.37. The molecule has 2 fully saturated rings. The maximum Gasteiger partial charge on any atom is 0.0637 e. The van der Waals surface area contributed by atoms with Crippen molar-refractivity contribution in [1.82, 2.24) is 10.2 Å². The van der Waals surface area contributed by atoms with E-state index in [1.807, 2.05) is 12.1 Å². The number of fused-ring (bicyclic) bond motifs is 2. The number of rotatable bonds is 2. The highest BCUT2D eigenvalue weighted by atomic mass is 35.5. The van der Waals surface area contributed by atoms with Gasteiger partial charge in [-0.3, -0.25) is 4.90 Å². The molecule has 0 amide bonds. The molecule has 3 rings (SSSR count). The zero-order valence-corrected chi connectivity index (χ0v) is 11.8. The van der Waals surface area contributed by atoms with Gasteiger partial charge >= 0.3 is 0 Å². The van der Waals surface area contributed by atoms with Crippen molar-refractivity contribution >= 4 is 23.2 Å². The van der Waals surface area contributed by atoms with E-state index >= 15 is 0 Å². The molecule has 2 atom stereocenters. The Balaban J connectivity index is 1.70. The maximum atomic E-state index is 6.26. The summed E-state index contributed by atoms with van der Waals surface area (Å²) in [6.07, 6.45) is 3.90. The Kier molecular flexibility index (Phi) is 3.81. The molecule has 18 heavy (non-hydrogen) atoms. The second-order valence-corrected chi connectivity index (χ2v) is 6.16. The molecule has 0 aliphatic carbocycles. The number of halogens is 2. The number of hydrogen-bond acceptors (Lipinski definition) is 2. The van der Waals surface area contributed by atoms with Crippen LogP contribution in [0.2, 0.25) is 10.0 Å². The highest BCUT2D eigenvalue weighted by molar-refractivity contribution is 6.42. The van der Waals surface area contributed by atoms with Crippen LogP contribution in [0.4, 0.5) is 0 Å². The molecule has 2 bridgehead atoms. The van der Waals surface area contributed by atoms with Crippen LogP contribution in [0, 0.1) is 0 Å². The van der Waals surface area contributed by atoms with Gasteiger partial charge in [0, 0.05) is 31.7 Å². The molecular weight excluding hydrogens is 267 g/mol. The van der Waals surface area contributed by atoms with Crippen molar-refractivity contribution in [2.24, 2.45) is 0 Å². The number of nitrogens with one attached hydrogen (secondary N) is 1. The minimum absolute atomic E-state index is 0.656. The van der Waals surface area contributed by atoms with E-state index < -0.39 is 0 Å². The topological polar surface area (TPSA) is 15.3 Å². The van der Waals surface area contributed by atoms with Crippen molar-refractivity contribution < 1.29 is 0 Å². The van der Waals surface area contributed by atoms with Gasteiger partial charge in [0.2, 0.25) is 0 Å². The molecule has 0 spiro atoms. The van der Waals surface area contributed by atoms with Gasteiger partial charge in [0.1, 0.15) is 0 Å². The van der Waals surface area contributed by atoms with Crippen LogP contribution in [-0.2, 0) is 6.54 Å². The molecule has 2 unspecified atom stereocenters. The Labute approximate surface area is 118 Å². The van der Waals surface area contributed by atoms with E-state index in [4.69, 9.17) is 23.2 Å². The van der Waals surface area contributed by atoms with Crippen LogP contribution in [-0.4, -0.2) is 30.1 Å².